The molecule has 0 bridgehead atoms. The zero-order valence-corrected chi connectivity index (χ0v) is 7.02. The van der Waals surface area contributed by atoms with Crippen LogP contribution < -0.4 is 11.1 Å². The number of carbonyl (C=O) groups is 1. The fraction of sp³-hybridized carbons (Fsp3) is 0.875. The summed E-state index contributed by atoms with van der Waals surface area (Å²) >= 11 is 0. The van der Waals surface area contributed by atoms with Gasteiger partial charge in [-0.15, -0.1) is 0 Å². The summed E-state index contributed by atoms with van der Waals surface area (Å²) in [6.45, 7) is 3.52. The van der Waals surface area contributed by atoms with Gasteiger partial charge in [-0.2, -0.15) is 0 Å². The van der Waals surface area contributed by atoms with E-state index < -0.39 is 0 Å². The highest BCUT2D eigenvalue weighted by atomic mass is 16.1. The quantitative estimate of drug-likeness (QED) is 0.615. The zero-order valence-electron chi connectivity index (χ0n) is 7.02. The van der Waals surface area contributed by atoms with Gasteiger partial charge in [-0.3, -0.25) is 4.79 Å². The number of nitrogens with two attached hydrogens (primary N) is 1. The third-order valence-electron chi connectivity index (χ3n) is 2.41. The molecule has 0 radical (unpaired) electrons. The van der Waals surface area contributed by atoms with Crippen LogP contribution in [0.2, 0.25) is 0 Å². The van der Waals surface area contributed by atoms with E-state index in [4.69, 9.17) is 5.73 Å². The van der Waals surface area contributed by atoms with E-state index in [2.05, 4.69) is 12.2 Å². The van der Waals surface area contributed by atoms with Gasteiger partial charge in [0.25, 0.3) is 0 Å². The fourth-order valence-corrected chi connectivity index (χ4v) is 1.71. The molecule has 0 aromatic carbocycles. The van der Waals surface area contributed by atoms with E-state index in [1.807, 2.05) is 0 Å². The molecule has 3 N–H and O–H groups in total. The fourth-order valence-electron chi connectivity index (χ4n) is 1.71. The minimum atomic E-state index is 0.0752. The molecular weight excluding hydrogens is 140 g/mol. The number of nitrogens with one attached hydrogen (secondary N) is 1. The van der Waals surface area contributed by atoms with Crippen LogP contribution in [0.15, 0.2) is 0 Å². The molecule has 1 saturated heterocycles. The zero-order chi connectivity index (χ0) is 8.32. The molecular formula is C8H16N2O. The largest absolute Gasteiger partial charge is 0.355 e. The summed E-state index contributed by atoms with van der Waals surface area (Å²) in [5, 5.41) is 2.83. The highest BCUT2D eigenvalue weighted by Gasteiger charge is 2.35. The van der Waals surface area contributed by atoms with Crippen molar-refractivity contribution in [3.8, 4) is 0 Å². The Bertz CT molecular complexity index is 158. The highest BCUT2D eigenvalue weighted by Crippen LogP contribution is 2.29. The van der Waals surface area contributed by atoms with Crippen LogP contribution >= 0.6 is 0 Å². The molecule has 64 valence electrons. The summed E-state index contributed by atoms with van der Waals surface area (Å²) in [7, 11) is 0. The second kappa shape index (κ2) is 3.22. The molecule has 3 heteroatoms. The maximum Gasteiger partial charge on any atom is 0.220 e. The lowest BCUT2D eigenvalue weighted by molar-refractivity contribution is -0.119. The molecule has 1 unspecified atom stereocenters. The summed E-state index contributed by atoms with van der Waals surface area (Å²) in [5.74, 6) is 0.156. The number of hydrogen-bond acceptors (Lipinski definition) is 2. The second-order valence-electron chi connectivity index (χ2n) is 3.41. The maximum atomic E-state index is 10.9. The Labute approximate surface area is 67.3 Å². The van der Waals surface area contributed by atoms with Gasteiger partial charge in [-0.1, -0.05) is 13.3 Å². The average molecular weight is 156 g/mol. The van der Waals surface area contributed by atoms with Crippen molar-refractivity contribution < 1.29 is 4.79 Å². The van der Waals surface area contributed by atoms with Crippen LogP contribution in [0, 0.1) is 5.41 Å². The standard InChI is InChI=1S/C8H16N2O/c1-2-3-8(5-9)4-7(11)10-6-8/h2-6,9H2,1H3,(H,10,11). The Morgan fingerprint density at radius 2 is 2.45 bits per heavy atom. The van der Waals surface area contributed by atoms with Crippen molar-refractivity contribution in [1.82, 2.24) is 5.32 Å². The lowest BCUT2D eigenvalue weighted by atomic mass is 9.83. The van der Waals surface area contributed by atoms with Gasteiger partial charge in [0, 0.05) is 24.9 Å². The van der Waals surface area contributed by atoms with Crippen molar-refractivity contribution in [3.05, 3.63) is 0 Å². The Balaban J connectivity index is 2.54. The van der Waals surface area contributed by atoms with Crippen molar-refractivity contribution in [2.24, 2.45) is 11.1 Å². The Morgan fingerprint density at radius 3 is 2.82 bits per heavy atom. The van der Waals surface area contributed by atoms with Gasteiger partial charge in [0.15, 0.2) is 0 Å². The molecule has 0 aromatic heterocycles. The molecule has 1 amide bonds. The summed E-state index contributed by atoms with van der Waals surface area (Å²) in [6, 6.07) is 0. The number of amides is 1. The number of carbonyl (C=O) groups excluding carboxylic acids is 1. The summed E-state index contributed by atoms with van der Waals surface area (Å²) in [4.78, 5) is 10.9. The Hall–Kier alpha value is -0.570. The van der Waals surface area contributed by atoms with Crippen molar-refractivity contribution in [1.29, 1.82) is 0 Å². The van der Waals surface area contributed by atoms with Crippen molar-refractivity contribution in [2.45, 2.75) is 26.2 Å². The maximum absolute atomic E-state index is 10.9. The van der Waals surface area contributed by atoms with Crippen LogP contribution in [-0.4, -0.2) is 19.0 Å². The number of rotatable bonds is 3. The highest BCUT2D eigenvalue weighted by molar-refractivity contribution is 5.79. The SMILES string of the molecule is CCCC1(CN)CNC(=O)C1. The van der Waals surface area contributed by atoms with Crippen LogP contribution in [0.1, 0.15) is 26.2 Å². The van der Waals surface area contributed by atoms with Gasteiger partial charge >= 0.3 is 0 Å². The first kappa shape index (κ1) is 8.53. The first-order valence-corrected chi connectivity index (χ1v) is 4.19. The van der Waals surface area contributed by atoms with Gasteiger partial charge < -0.3 is 11.1 Å². The third-order valence-corrected chi connectivity index (χ3v) is 2.41. The van der Waals surface area contributed by atoms with E-state index >= 15 is 0 Å². The molecule has 11 heavy (non-hydrogen) atoms. The lowest BCUT2D eigenvalue weighted by Gasteiger charge is -2.23. The molecule has 1 aliphatic heterocycles. The topological polar surface area (TPSA) is 55.1 Å². The molecule has 0 spiro atoms. The summed E-state index contributed by atoms with van der Waals surface area (Å²) in [5.41, 5.74) is 5.70. The Kier molecular flexibility index (Phi) is 2.49. The van der Waals surface area contributed by atoms with Crippen LogP contribution in [0.3, 0.4) is 0 Å². The lowest BCUT2D eigenvalue weighted by Crippen LogP contribution is -2.32. The molecule has 1 heterocycles. The second-order valence-corrected chi connectivity index (χ2v) is 3.41. The number of hydrogen-bond donors (Lipinski definition) is 2. The average Bonchev–Trinajstić information content (AvgIpc) is 2.34. The van der Waals surface area contributed by atoms with Gasteiger partial charge in [-0.25, -0.2) is 0 Å². The van der Waals surface area contributed by atoms with E-state index in [1.54, 1.807) is 0 Å². The van der Waals surface area contributed by atoms with Crippen LogP contribution in [0.25, 0.3) is 0 Å². The molecule has 1 rings (SSSR count). The van der Waals surface area contributed by atoms with E-state index in [9.17, 15) is 4.79 Å². The summed E-state index contributed by atoms with van der Waals surface area (Å²) < 4.78 is 0. The first-order chi connectivity index (χ1) is 5.22. The van der Waals surface area contributed by atoms with Crippen molar-refractivity contribution in [2.75, 3.05) is 13.1 Å². The minimum Gasteiger partial charge on any atom is -0.355 e. The monoisotopic (exact) mass is 156 g/mol. The first-order valence-electron chi connectivity index (χ1n) is 4.19. The molecule has 0 saturated carbocycles. The van der Waals surface area contributed by atoms with Gasteiger partial charge in [0.05, 0.1) is 0 Å². The Morgan fingerprint density at radius 1 is 1.73 bits per heavy atom. The van der Waals surface area contributed by atoms with Crippen molar-refractivity contribution >= 4 is 5.91 Å². The van der Waals surface area contributed by atoms with E-state index in [0.29, 0.717) is 13.0 Å². The van der Waals surface area contributed by atoms with Gasteiger partial charge in [-0.05, 0) is 6.42 Å². The minimum absolute atomic E-state index is 0.0752. The smallest absolute Gasteiger partial charge is 0.220 e. The van der Waals surface area contributed by atoms with E-state index in [1.165, 1.54) is 0 Å². The van der Waals surface area contributed by atoms with Crippen molar-refractivity contribution in [3.63, 3.8) is 0 Å². The van der Waals surface area contributed by atoms with Crippen LogP contribution in [-0.2, 0) is 4.79 Å². The molecule has 1 aliphatic rings. The molecule has 0 aromatic rings. The van der Waals surface area contributed by atoms with Gasteiger partial charge in [0.2, 0.25) is 5.91 Å². The normalized spacial score (nSPS) is 30.5. The van der Waals surface area contributed by atoms with E-state index in [0.717, 1.165) is 19.4 Å². The van der Waals surface area contributed by atoms with E-state index in [-0.39, 0.29) is 11.3 Å². The molecule has 0 aliphatic carbocycles. The summed E-state index contributed by atoms with van der Waals surface area (Å²) in [6.07, 6.45) is 2.78. The van der Waals surface area contributed by atoms with Gasteiger partial charge in [0.1, 0.15) is 0 Å². The van der Waals surface area contributed by atoms with Crippen LogP contribution in [0.5, 0.6) is 0 Å². The predicted octanol–water partition coefficient (Wildman–Crippen LogP) is 0.251. The molecule has 1 fully saturated rings. The predicted molar refractivity (Wildman–Crippen MR) is 44.0 cm³/mol. The molecule has 3 nitrogen and oxygen atoms in total. The third kappa shape index (κ3) is 1.71. The van der Waals surface area contributed by atoms with Crippen LogP contribution in [0.4, 0.5) is 0 Å². The molecule has 1 atom stereocenters.